The monoisotopic (exact) mass is 232 g/mol. The molecular weight excluding hydrogens is 220 g/mol. The first-order valence-electron chi connectivity index (χ1n) is 5.21. The lowest BCUT2D eigenvalue weighted by Crippen LogP contribution is -1.95. The average Bonchev–Trinajstić information content (AvgIpc) is 2.30. The van der Waals surface area contributed by atoms with Crippen molar-refractivity contribution in [2.24, 2.45) is 0 Å². The molecule has 0 aliphatic carbocycles. The fourth-order valence-corrected chi connectivity index (χ4v) is 1.79. The Balaban J connectivity index is 2.51. The number of hydrogen-bond acceptors (Lipinski definition) is 2. The van der Waals surface area contributed by atoms with Gasteiger partial charge in [0.25, 0.3) is 0 Å². The van der Waals surface area contributed by atoms with Gasteiger partial charge in [-0.05, 0) is 30.2 Å². The molecule has 0 saturated carbocycles. The van der Waals surface area contributed by atoms with Gasteiger partial charge in [-0.1, -0.05) is 30.7 Å². The highest BCUT2D eigenvalue weighted by molar-refractivity contribution is 6.30. The van der Waals surface area contributed by atoms with Gasteiger partial charge in [0.15, 0.2) is 0 Å². The number of aromatic nitrogens is 1. The maximum atomic E-state index is 5.86. The van der Waals surface area contributed by atoms with Gasteiger partial charge in [-0.2, -0.15) is 0 Å². The van der Waals surface area contributed by atoms with Crippen molar-refractivity contribution in [1.82, 2.24) is 4.98 Å². The molecule has 1 aromatic carbocycles. The molecule has 0 aliphatic rings. The predicted molar refractivity (Wildman–Crippen MR) is 68.5 cm³/mol. The molecule has 1 aromatic heterocycles. The van der Waals surface area contributed by atoms with Gasteiger partial charge in [-0.15, -0.1) is 0 Å². The first-order valence-corrected chi connectivity index (χ1v) is 5.59. The van der Waals surface area contributed by atoms with E-state index < -0.39 is 0 Å². The standard InChI is InChI=1S/C13H13ClN2/c1-2-9-7-12(15)8-16-13(9)10-3-5-11(14)6-4-10/h3-8H,2,15H2,1H3. The van der Waals surface area contributed by atoms with Crippen LogP contribution in [-0.4, -0.2) is 4.98 Å². The van der Waals surface area contributed by atoms with Gasteiger partial charge < -0.3 is 5.73 Å². The van der Waals surface area contributed by atoms with E-state index in [1.165, 1.54) is 0 Å². The lowest BCUT2D eigenvalue weighted by atomic mass is 10.0. The molecule has 0 bridgehead atoms. The maximum absolute atomic E-state index is 5.86. The van der Waals surface area contributed by atoms with Crippen LogP contribution in [0.2, 0.25) is 5.02 Å². The highest BCUT2D eigenvalue weighted by Crippen LogP contribution is 2.24. The lowest BCUT2D eigenvalue weighted by molar-refractivity contribution is 1.11. The van der Waals surface area contributed by atoms with Crippen LogP contribution in [0.1, 0.15) is 12.5 Å². The summed E-state index contributed by atoms with van der Waals surface area (Å²) in [6, 6.07) is 9.65. The second kappa shape index (κ2) is 4.54. The van der Waals surface area contributed by atoms with Gasteiger partial charge in [0.2, 0.25) is 0 Å². The molecule has 2 aromatic rings. The Hall–Kier alpha value is -1.54. The molecule has 0 unspecified atom stereocenters. The second-order valence-corrected chi connectivity index (χ2v) is 4.07. The Morgan fingerprint density at radius 2 is 1.94 bits per heavy atom. The van der Waals surface area contributed by atoms with E-state index in [1.807, 2.05) is 30.3 Å². The molecule has 2 rings (SSSR count). The molecule has 0 spiro atoms. The van der Waals surface area contributed by atoms with Crippen molar-refractivity contribution in [2.45, 2.75) is 13.3 Å². The number of aryl methyl sites for hydroxylation is 1. The van der Waals surface area contributed by atoms with Crippen molar-refractivity contribution in [2.75, 3.05) is 5.73 Å². The third kappa shape index (κ3) is 2.17. The van der Waals surface area contributed by atoms with Crippen LogP contribution in [-0.2, 0) is 6.42 Å². The summed E-state index contributed by atoms with van der Waals surface area (Å²) in [5.74, 6) is 0. The molecule has 2 nitrogen and oxygen atoms in total. The van der Waals surface area contributed by atoms with Crippen molar-refractivity contribution < 1.29 is 0 Å². The van der Waals surface area contributed by atoms with Crippen molar-refractivity contribution in [3.63, 3.8) is 0 Å². The Morgan fingerprint density at radius 3 is 2.56 bits per heavy atom. The van der Waals surface area contributed by atoms with E-state index in [4.69, 9.17) is 17.3 Å². The summed E-state index contributed by atoms with van der Waals surface area (Å²) in [4.78, 5) is 4.38. The minimum absolute atomic E-state index is 0.703. The van der Waals surface area contributed by atoms with E-state index in [0.717, 1.165) is 28.3 Å². The largest absolute Gasteiger partial charge is 0.397 e. The fourth-order valence-electron chi connectivity index (χ4n) is 1.67. The number of halogens is 1. The number of rotatable bonds is 2. The first-order chi connectivity index (χ1) is 7.70. The van der Waals surface area contributed by atoms with Crippen LogP contribution in [0.25, 0.3) is 11.3 Å². The van der Waals surface area contributed by atoms with Crippen LogP contribution in [0, 0.1) is 0 Å². The van der Waals surface area contributed by atoms with E-state index in [9.17, 15) is 0 Å². The summed E-state index contributed by atoms with van der Waals surface area (Å²) in [6.45, 7) is 2.09. The minimum Gasteiger partial charge on any atom is -0.397 e. The Labute approximate surface area is 100 Å². The molecule has 2 N–H and O–H groups in total. The normalized spacial score (nSPS) is 10.4. The third-order valence-corrected chi connectivity index (χ3v) is 2.74. The van der Waals surface area contributed by atoms with Gasteiger partial charge in [0, 0.05) is 10.6 Å². The average molecular weight is 233 g/mol. The maximum Gasteiger partial charge on any atom is 0.0735 e. The number of hydrogen-bond donors (Lipinski definition) is 1. The number of benzene rings is 1. The summed E-state index contributed by atoms with van der Waals surface area (Å²) >= 11 is 5.86. The molecule has 1 heterocycles. The summed E-state index contributed by atoms with van der Waals surface area (Å²) in [5.41, 5.74) is 9.63. The van der Waals surface area contributed by atoms with Crippen LogP contribution in [0.15, 0.2) is 36.5 Å². The Bertz CT molecular complexity index is 492. The van der Waals surface area contributed by atoms with E-state index >= 15 is 0 Å². The van der Waals surface area contributed by atoms with Crippen molar-refractivity contribution in [1.29, 1.82) is 0 Å². The van der Waals surface area contributed by atoms with Gasteiger partial charge in [0.05, 0.1) is 17.6 Å². The smallest absolute Gasteiger partial charge is 0.0735 e. The van der Waals surface area contributed by atoms with Crippen LogP contribution >= 0.6 is 11.6 Å². The molecule has 0 aliphatic heterocycles. The first kappa shape index (κ1) is 11.0. The second-order valence-electron chi connectivity index (χ2n) is 3.64. The lowest BCUT2D eigenvalue weighted by Gasteiger charge is -2.07. The summed E-state index contributed by atoms with van der Waals surface area (Å²) < 4.78 is 0. The van der Waals surface area contributed by atoms with E-state index in [0.29, 0.717) is 5.69 Å². The summed E-state index contributed by atoms with van der Waals surface area (Å²) in [5, 5.41) is 0.734. The minimum atomic E-state index is 0.703. The Kier molecular flexibility index (Phi) is 3.11. The zero-order chi connectivity index (χ0) is 11.5. The number of pyridine rings is 1. The van der Waals surface area contributed by atoms with Gasteiger partial charge in [-0.3, -0.25) is 4.98 Å². The molecule has 0 fully saturated rings. The third-order valence-electron chi connectivity index (χ3n) is 2.49. The molecule has 0 radical (unpaired) electrons. The number of nitrogen functional groups attached to an aromatic ring is 1. The van der Waals surface area contributed by atoms with Crippen LogP contribution in [0.4, 0.5) is 5.69 Å². The Morgan fingerprint density at radius 1 is 1.25 bits per heavy atom. The van der Waals surface area contributed by atoms with E-state index in [2.05, 4.69) is 11.9 Å². The molecule has 0 amide bonds. The number of anilines is 1. The highest BCUT2D eigenvalue weighted by atomic mass is 35.5. The SMILES string of the molecule is CCc1cc(N)cnc1-c1ccc(Cl)cc1. The van der Waals surface area contributed by atoms with Crippen molar-refractivity contribution in [3.05, 3.63) is 47.1 Å². The zero-order valence-electron chi connectivity index (χ0n) is 9.07. The quantitative estimate of drug-likeness (QED) is 0.860. The van der Waals surface area contributed by atoms with Crippen molar-refractivity contribution in [3.8, 4) is 11.3 Å². The van der Waals surface area contributed by atoms with E-state index in [-0.39, 0.29) is 0 Å². The molecule has 3 heteroatoms. The number of nitrogens with zero attached hydrogens (tertiary/aromatic N) is 1. The van der Waals surface area contributed by atoms with Gasteiger partial charge in [-0.25, -0.2) is 0 Å². The molecule has 0 atom stereocenters. The number of nitrogens with two attached hydrogens (primary N) is 1. The molecule has 16 heavy (non-hydrogen) atoms. The molecule has 82 valence electrons. The van der Waals surface area contributed by atoms with Gasteiger partial charge >= 0.3 is 0 Å². The molecular formula is C13H13ClN2. The zero-order valence-corrected chi connectivity index (χ0v) is 9.83. The topological polar surface area (TPSA) is 38.9 Å². The van der Waals surface area contributed by atoms with E-state index in [1.54, 1.807) is 6.20 Å². The van der Waals surface area contributed by atoms with Crippen LogP contribution in [0.5, 0.6) is 0 Å². The van der Waals surface area contributed by atoms with Crippen molar-refractivity contribution >= 4 is 17.3 Å². The van der Waals surface area contributed by atoms with Gasteiger partial charge in [0.1, 0.15) is 0 Å². The summed E-state index contributed by atoms with van der Waals surface area (Å²) in [7, 11) is 0. The van der Waals surface area contributed by atoms with Crippen LogP contribution < -0.4 is 5.73 Å². The predicted octanol–water partition coefficient (Wildman–Crippen LogP) is 3.55. The van der Waals surface area contributed by atoms with Crippen LogP contribution in [0.3, 0.4) is 0 Å². The fraction of sp³-hybridized carbons (Fsp3) is 0.154. The summed E-state index contributed by atoms with van der Waals surface area (Å²) in [6.07, 6.45) is 2.60. The highest BCUT2D eigenvalue weighted by Gasteiger charge is 2.05. The molecule has 0 saturated heterocycles.